The molecule has 0 atom stereocenters. The van der Waals surface area contributed by atoms with Crippen molar-refractivity contribution < 1.29 is 27.2 Å². The summed E-state index contributed by atoms with van der Waals surface area (Å²) >= 11 is 0. The Hall–Kier alpha value is -3.08. The van der Waals surface area contributed by atoms with Gasteiger partial charge in [0.1, 0.15) is 5.69 Å². The number of hydrogen-bond acceptors (Lipinski definition) is 6. The number of halogens is 4. The van der Waals surface area contributed by atoms with Crippen molar-refractivity contribution in [2.75, 3.05) is 5.32 Å². The summed E-state index contributed by atoms with van der Waals surface area (Å²) in [6, 6.07) is 3.71. The quantitative estimate of drug-likeness (QED) is 0.227. The zero-order valence-corrected chi connectivity index (χ0v) is 14.3. The van der Waals surface area contributed by atoms with Crippen LogP contribution in [0.15, 0.2) is 24.4 Å². The third-order valence-electron chi connectivity index (χ3n) is 4.62. The summed E-state index contributed by atoms with van der Waals surface area (Å²) in [5.74, 6) is -0.0874. The number of Topliss-reactive ketones (excluding diaryl/α,β-unsaturated/α-hetero) is 1. The Kier molecular flexibility index (Phi) is 5.27. The number of hydrazine groups is 1. The van der Waals surface area contributed by atoms with Gasteiger partial charge in [-0.15, -0.1) is 0 Å². The molecule has 11 heteroatoms. The molecular weight excluding hydrogens is 382 g/mol. The average Bonchev–Trinajstić information content (AvgIpc) is 2.65. The number of carbonyl (C=O) groups is 2. The fraction of sp³-hybridized carbons (Fsp3) is 0.294. The van der Waals surface area contributed by atoms with Crippen LogP contribution in [0.2, 0.25) is 0 Å². The molecule has 0 bridgehead atoms. The van der Waals surface area contributed by atoms with E-state index in [9.17, 15) is 27.2 Å². The molecule has 148 valence electrons. The van der Waals surface area contributed by atoms with Crippen LogP contribution in [0.1, 0.15) is 45.7 Å². The van der Waals surface area contributed by atoms with Gasteiger partial charge < -0.3 is 5.32 Å². The number of anilines is 1. The third kappa shape index (κ3) is 3.40. The minimum atomic E-state index is -3.41. The summed E-state index contributed by atoms with van der Waals surface area (Å²) in [7, 11) is 0. The number of hydrogen-bond donors (Lipinski definition) is 3. The van der Waals surface area contributed by atoms with Crippen LogP contribution in [-0.4, -0.2) is 28.1 Å². The molecule has 4 N–H and O–H groups in total. The van der Waals surface area contributed by atoms with Gasteiger partial charge in [0.15, 0.2) is 11.6 Å². The molecule has 1 aliphatic carbocycles. The maximum atomic E-state index is 14.3. The molecule has 3 rings (SSSR count). The highest BCUT2D eigenvalue weighted by molar-refractivity contribution is 6.07. The summed E-state index contributed by atoms with van der Waals surface area (Å²) in [6.45, 7) is 0. The molecule has 1 saturated carbocycles. The second-order valence-corrected chi connectivity index (χ2v) is 6.26. The van der Waals surface area contributed by atoms with Crippen molar-refractivity contribution in [1.29, 1.82) is 0 Å². The lowest BCUT2D eigenvalue weighted by molar-refractivity contribution is 0.0669. The van der Waals surface area contributed by atoms with Gasteiger partial charge in [-0.2, -0.15) is 0 Å². The Morgan fingerprint density at radius 1 is 1.21 bits per heavy atom. The van der Waals surface area contributed by atoms with Gasteiger partial charge in [0.25, 0.3) is 5.91 Å². The average molecular weight is 397 g/mol. The fourth-order valence-electron chi connectivity index (χ4n) is 3.06. The number of rotatable bonds is 6. The van der Waals surface area contributed by atoms with E-state index >= 15 is 0 Å². The predicted molar refractivity (Wildman–Crippen MR) is 89.5 cm³/mol. The van der Waals surface area contributed by atoms with Gasteiger partial charge in [0.05, 0.1) is 11.1 Å². The number of carbonyl (C=O) groups excluding carboxylic acids is 2. The first-order valence-corrected chi connectivity index (χ1v) is 8.22. The van der Waals surface area contributed by atoms with E-state index in [2.05, 4.69) is 15.3 Å². The topological polar surface area (TPSA) is 110 Å². The van der Waals surface area contributed by atoms with Crippen molar-refractivity contribution >= 4 is 17.6 Å². The summed E-state index contributed by atoms with van der Waals surface area (Å²) < 4.78 is 53.7. The molecule has 0 saturated heterocycles. The first kappa shape index (κ1) is 19.7. The fourth-order valence-corrected chi connectivity index (χ4v) is 3.06. The highest BCUT2D eigenvalue weighted by Gasteiger charge is 2.42. The lowest BCUT2D eigenvalue weighted by atomic mass is 9.71. The maximum Gasteiger partial charge on any atom is 0.302 e. The number of nitrogens with zero attached hydrogens (tertiary/aromatic N) is 2. The molecule has 1 aliphatic rings. The predicted octanol–water partition coefficient (Wildman–Crippen LogP) is 2.30. The molecule has 1 amide bonds. The number of benzene rings is 1. The van der Waals surface area contributed by atoms with Gasteiger partial charge in [-0.25, -0.2) is 33.4 Å². The number of alkyl halides is 2. The van der Waals surface area contributed by atoms with Gasteiger partial charge in [-0.1, -0.05) is 12.1 Å². The second kappa shape index (κ2) is 7.50. The smallest absolute Gasteiger partial charge is 0.302 e. The van der Waals surface area contributed by atoms with E-state index in [4.69, 9.17) is 5.84 Å². The van der Waals surface area contributed by atoms with Crippen LogP contribution in [0.5, 0.6) is 0 Å². The molecule has 0 spiro atoms. The SMILES string of the molecule is NNC(=O)c1cnc(NC2(c3cccc(F)c3F)CCC2)nc1C(=O)C(F)F. The minimum Gasteiger partial charge on any atom is -0.345 e. The van der Waals surface area contributed by atoms with E-state index in [1.165, 1.54) is 12.1 Å². The summed E-state index contributed by atoms with van der Waals surface area (Å²) in [6.07, 6.45) is -1.05. The number of amides is 1. The summed E-state index contributed by atoms with van der Waals surface area (Å²) in [4.78, 5) is 31.0. The Bertz CT molecular complexity index is 934. The van der Waals surface area contributed by atoms with E-state index in [1.54, 1.807) is 5.43 Å². The van der Waals surface area contributed by atoms with E-state index in [0.717, 1.165) is 12.3 Å². The molecule has 0 unspecified atom stereocenters. The first-order chi connectivity index (χ1) is 13.3. The number of aromatic nitrogens is 2. The van der Waals surface area contributed by atoms with E-state index in [-0.39, 0.29) is 11.5 Å². The molecule has 1 heterocycles. The molecule has 1 fully saturated rings. The van der Waals surface area contributed by atoms with Gasteiger partial charge >= 0.3 is 6.43 Å². The molecule has 1 aromatic heterocycles. The normalized spacial score (nSPS) is 15.1. The molecule has 0 aliphatic heterocycles. The zero-order chi connectivity index (χ0) is 20.5. The van der Waals surface area contributed by atoms with Crippen LogP contribution >= 0.6 is 0 Å². The van der Waals surface area contributed by atoms with E-state index < -0.39 is 46.5 Å². The zero-order valence-electron chi connectivity index (χ0n) is 14.3. The highest BCUT2D eigenvalue weighted by atomic mass is 19.3. The van der Waals surface area contributed by atoms with E-state index in [0.29, 0.717) is 19.3 Å². The Morgan fingerprint density at radius 2 is 1.93 bits per heavy atom. The maximum absolute atomic E-state index is 14.3. The second-order valence-electron chi connectivity index (χ2n) is 6.26. The number of nitrogen functional groups attached to an aromatic ring is 1. The van der Waals surface area contributed by atoms with Gasteiger partial charge in [-0.05, 0) is 25.3 Å². The van der Waals surface area contributed by atoms with Crippen molar-refractivity contribution in [3.63, 3.8) is 0 Å². The van der Waals surface area contributed by atoms with Crippen molar-refractivity contribution in [3.8, 4) is 0 Å². The van der Waals surface area contributed by atoms with Crippen molar-refractivity contribution in [1.82, 2.24) is 15.4 Å². The van der Waals surface area contributed by atoms with Crippen molar-refractivity contribution in [2.24, 2.45) is 5.84 Å². The lowest BCUT2D eigenvalue weighted by Gasteiger charge is -2.43. The Morgan fingerprint density at radius 3 is 2.50 bits per heavy atom. The molecule has 2 aromatic rings. The van der Waals surface area contributed by atoms with Crippen LogP contribution in [0.4, 0.5) is 23.5 Å². The van der Waals surface area contributed by atoms with E-state index in [1.807, 2.05) is 0 Å². The van der Waals surface area contributed by atoms with Gasteiger partial charge in [0.2, 0.25) is 11.7 Å². The van der Waals surface area contributed by atoms with Gasteiger partial charge in [-0.3, -0.25) is 15.0 Å². The monoisotopic (exact) mass is 397 g/mol. The summed E-state index contributed by atoms with van der Waals surface area (Å²) in [5.41, 5.74) is -0.667. The van der Waals surface area contributed by atoms with Gasteiger partial charge in [0, 0.05) is 11.8 Å². The molecule has 28 heavy (non-hydrogen) atoms. The highest BCUT2D eigenvalue weighted by Crippen LogP contribution is 2.44. The molecule has 0 radical (unpaired) electrons. The largest absolute Gasteiger partial charge is 0.345 e. The molecular formula is C17H15F4N5O2. The van der Waals surface area contributed by atoms with Crippen molar-refractivity contribution in [2.45, 2.75) is 31.2 Å². The molecule has 1 aromatic carbocycles. The first-order valence-electron chi connectivity index (χ1n) is 8.22. The van der Waals surface area contributed by atoms with Crippen LogP contribution in [0.25, 0.3) is 0 Å². The van der Waals surface area contributed by atoms with Crippen LogP contribution in [-0.2, 0) is 5.54 Å². The number of nitrogens with one attached hydrogen (secondary N) is 2. The summed E-state index contributed by atoms with van der Waals surface area (Å²) in [5, 5.41) is 2.81. The Labute approximate surface area is 156 Å². The molecule has 7 nitrogen and oxygen atoms in total. The Balaban J connectivity index is 2.01. The van der Waals surface area contributed by atoms with Crippen LogP contribution in [0.3, 0.4) is 0 Å². The number of nitrogens with two attached hydrogens (primary N) is 1. The van der Waals surface area contributed by atoms with Crippen LogP contribution in [0, 0.1) is 11.6 Å². The van der Waals surface area contributed by atoms with Crippen molar-refractivity contribution in [3.05, 3.63) is 52.9 Å². The third-order valence-corrected chi connectivity index (χ3v) is 4.62. The minimum absolute atomic E-state index is 0.0351. The standard InChI is InChI=1S/C17H15F4N5O2/c18-10-4-1-3-9(11(10)19)17(5-2-6-17)25-16-23-7-8(15(28)26-22)12(24-16)13(27)14(20)21/h1,3-4,7,14H,2,5-6,22H2,(H,26,28)(H,23,24,25). The lowest BCUT2D eigenvalue weighted by Crippen LogP contribution is -2.43. The van der Waals surface area contributed by atoms with Crippen LogP contribution < -0.4 is 16.6 Å². The number of ketones is 1.